The van der Waals surface area contributed by atoms with Gasteiger partial charge >= 0.3 is 0 Å². The van der Waals surface area contributed by atoms with Crippen LogP contribution >= 0.6 is 11.6 Å². The Kier molecular flexibility index (Phi) is 3.94. The minimum Gasteiger partial charge on any atom is -0.497 e. The van der Waals surface area contributed by atoms with Crippen LogP contribution in [0.2, 0.25) is 5.02 Å². The number of nitriles is 1. The molecule has 0 atom stereocenters. The van der Waals surface area contributed by atoms with Crippen molar-refractivity contribution in [3.63, 3.8) is 0 Å². The van der Waals surface area contributed by atoms with Gasteiger partial charge in [0.05, 0.1) is 23.4 Å². The lowest BCUT2D eigenvalue weighted by atomic mass is 10.1. The minimum absolute atomic E-state index is 0.459. The summed E-state index contributed by atoms with van der Waals surface area (Å²) in [4.78, 5) is 1.92. The van der Waals surface area contributed by atoms with Gasteiger partial charge in [-0.05, 0) is 36.4 Å². The topological polar surface area (TPSA) is 36.3 Å². The average Bonchev–Trinajstić information content (AvgIpc) is 2.46. The maximum absolute atomic E-state index is 9.20. The third-order valence-corrected chi connectivity index (χ3v) is 3.24. The summed E-state index contributed by atoms with van der Waals surface area (Å²) < 4.78 is 5.13. The number of methoxy groups -OCH3 is 1. The monoisotopic (exact) mass is 272 g/mol. The summed E-state index contributed by atoms with van der Waals surface area (Å²) in [5.41, 5.74) is 2.21. The zero-order chi connectivity index (χ0) is 13.8. The first-order valence-corrected chi connectivity index (χ1v) is 6.11. The maximum Gasteiger partial charge on any atom is 0.119 e. The van der Waals surface area contributed by atoms with E-state index in [0.29, 0.717) is 10.6 Å². The maximum atomic E-state index is 9.20. The van der Waals surface area contributed by atoms with E-state index in [4.69, 9.17) is 16.3 Å². The first kappa shape index (κ1) is 13.3. The first-order chi connectivity index (χ1) is 9.17. The standard InChI is InChI=1S/C15H13ClN2O/c1-18(11-6-8-12(19-2)9-7-11)15-5-3-4-14(16)13(15)10-17/h3-9H,1-2H3. The summed E-state index contributed by atoms with van der Waals surface area (Å²) in [6, 6.07) is 15.2. The molecule has 0 aromatic heterocycles. The molecule has 0 saturated carbocycles. The van der Waals surface area contributed by atoms with Crippen LogP contribution in [0.5, 0.6) is 5.75 Å². The van der Waals surface area contributed by atoms with Crippen molar-refractivity contribution in [3.8, 4) is 11.8 Å². The molecule has 2 aromatic rings. The Labute approximate surface area is 117 Å². The van der Waals surface area contributed by atoms with Crippen molar-refractivity contribution in [2.24, 2.45) is 0 Å². The molecule has 0 fully saturated rings. The number of benzene rings is 2. The fraction of sp³-hybridized carbons (Fsp3) is 0.133. The molecule has 0 aliphatic heterocycles. The van der Waals surface area contributed by atoms with Gasteiger partial charge < -0.3 is 9.64 Å². The molecule has 0 N–H and O–H groups in total. The lowest BCUT2D eigenvalue weighted by Gasteiger charge is -2.21. The molecule has 0 heterocycles. The van der Waals surface area contributed by atoms with Crippen LogP contribution in [0.15, 0.2) is 42.5 Å². The molecule has 0 bridgehead atoms. The van der Waals surface area contributed by atoms with Crippen LogP contribution in [0.4, 0.5) is 11.4 Å². The third kappa shape index (κ3) is 2.64. The number of hydrogen-bond donors (Lipinski definition) is 0. The molecule has 0 aliphatic carbocycles. The SMILES string of the molecule is COc1ccc(N(C)c2cccc(Cl)c2C#N)cc1. The largest absolute Gasteiger partial charge is 0.497 e. The van der Waals surface area contributed by atoms with Gasteiger partial charge in [-0.2, -0.15) is 5.26 Å². The molecule has 4 heteroatoms. The van der Waals surface area contributed by atoms with Crippen molar-refractivity contribution in [3.05, 3.63) is 53.1 Å². The Morgan fingerprint density at radius 2 is 1.84 bits per heavy atom. The van der Waals surface area contributed by atoms with Crippen LogP contribution in [0.1, 0.15) is 5.56 Å². The van der Waals surface area contributed by atoms with Crippen LogP contribution in [-0.4, -0.2) is 14.2 Å². The van der Waals surface area contributed by atoms with E-state index in [1.807, 2.05) is 48.3 Å². The normalized spacial score (nSPS) is 9.79. The summed E-state index contributed by atoms with van der Waals surface area (Å²) in [7, 11) is 3.53. The fourth-order valence-electron chi connectivity index (χ4n) is 1.85. The third-order valence-electron chi connectivity index (χ3n) is 2.92. The van der Waals surface area contributed by atoms with E-state index in [1.165, 1.54) is 0 Å². The number of halogens is 1. The summed E-state index contributed by atoms with van der Waals surface area (Å²) >= 11 is 6.04. The van der Waals surface area contributed by atoms with Crippen molar-refractivity contribution < 1.29 is 4.74 Å². The molecule has 2 rings (SSSR count). The van der Waals surface area contributed by atoms with E-state index in [2.05, 4.69) is 6.07 Å². The molecular weight excluding hydrogens is 260 g/mol. The summed E-state index contributed by atoms with van der Waals surface area (Å²) in [5.74, 6) is 0.795. The zero-order valence-electron chi connectivity index (χ0n) is 10.7. The van der Waals surface area contributed by atoms with E-state index in [1.54, 1.807) is 13.2 Å². The first-order valence-electron chi connectivity index (χ1n) is 5.73. The predicted octanol–water partition coefficient (Wildman–Crippen LogP) is 3.99. The molecule has 96 valence electrons. The molecule has 2 aromatic carbocycles. The second-order valence-electron chi connectivity index (χ2n) is 4.00. The Morgan fingerprint density at radius 3 is 2.42 bits per heavy atom. The van der Waals surface area contributed by atoms with Crippen LogP contribution in [0, 0.1) is 11.3 Å². The predicted molar refractivity (Wildman–Crippen MR) is 77.2 cm³/mol. The molecule has 0 aliphatic rings. The number of nitrogens with zero attached hydrogens (tertiary/aromatic N) is 2. The number of anilines is 2. The van der Waals surface area contributed by atoms with Crippen LogP contribution in [-0.2, 0) is 0 Å². The average molecular weight is 273 g/mol. The second-order valence-corrected chi connectivity index (χ2v) is 4.41. The highest BCUT2D eigenvalue weighted by Gasteiger charge is 2.11. The highest BCUT2D eigenvalue weighted by molar-refractivity contribution is 6.32. The van der Waals surface area contributed by atoms with Crippen LogP contribution in [0.3, 0.4) is 0 Å². The van der Waals surface area contributed by atoms with Gasteiger partial charge in [-0.15, -0.1) is 0 Å². The molecule has 19 heavy (non-hydrogen) atoms. The number of hydrogen-bond acceptors (Lipinski definition) is 3. The van der Waals surface area contributed by atoms with E-state index in [0.717, 1.165) is 17.1 Å². The van der Waals surface area contributed by atoms with Crippen molar-refractivity contribution in [1.82, 2.24) is 0 Å². The Hall–Kier alpha value is -2.18. The van der Waals surface area contributed by atoms with Gasteiger partial charge in [-0.3, -0.25) is 0 Å². The zero-order valence-corrected chi connectivity index (χ0v) is 11.5. The Balaban J connectivity index is 2.41. The summed E-state index contributed by atoms with van der Waals surface area (Å²) in [5, 5.41) is 9.65. The van der Waals surface area contributed by atoms with E-state index < -0.39 is 0 Å². The quantitative estimate of drug-likeness (QED) is 0.848. The van der Waals surface area contributed by atoms with Crippen molar-refractivity contribution in [2.75, 3.05) is 19.1 Å². The van der Waals surface area contributed by atoms with Gasteiger partial charge in [0.1, 0.15) is 11.8 Å². The van der Waals surface area contributed by atoms with Gasteiger partial charge in [0, 0.05) is 12.7 Å². The highest BCUT2D eigenvalue weighted by atomic mass is 35.5. The van der Waals surface area contributed by atoms with E-state index >= 15 is 0 Å². The molecule has 0 saturated heterocycles. The van der Waals surface area contributed by atoms with Crippen molar-refractivity contribution >= 4 is 23.0 Å². The molecular formula is C15H13ClN2O. The molecule has 0 unspecified atom stereocenters. The smallest absolute Gasteiger partial charge is 0.119 e. The number of rotatable bonds is 3. The van der Waals surface area contributed by atoms with Gasteiger partial charge in [-0.1, -0.05) is 17.7 Å². The van der Waals surface area contributed by atoms with Gasteiger partial charge in [0.15, 0.2) is 0 Å². The summed E-state index contributed by atoms with van der Waals surface area (Å²) in [6.07, 6.45) is 0. The molecule has 0 amide bonds. The lowest BCUT2D eigenvalue weighted by molar-refractivity contribution is 0.415. The lowest BCUT2D eigenvalue weighted by Crippen LogP contribution is -2.11. The molecule has 0 spiro atoms. The Bertz CT molecular complexity index is 617. The van der Waals surface area contributed by atoms with Gasteiger partial charge in [0.25, 0.3) is 0 Å². The van der Waals surface area contributed by atoms with Crippen molar-refractivity contribution in [1.29, 1.82) is 5.26 Å². The van der Waals surface area contributed by atoms with Crippen LogP contribution in [0.25, 0.3) is 0 Å². The van der Waals surface area contributed by atoms with Gasteiger partial charge in [-0.25, -0.2) is 0 Å². The van der Waals surface area contributed by atoms with Crippen LogP contribution < -0.4 is 9.64 Å². The highest BCUT2D eigenvalue weighted by Crippen LogP contribution is 2.31. The molecule has 0 radical (unpaired) electrons. The van der Waals surface area contributed by atoms with E-state index in [-0.39, 0.29) is 0 Å². The van der Waals surface area contributed by atoms with Crippen molar-refractivity contribution in [2.45, 2.75) is 0 Å². The fourth-order valence-corrected chi connectivity index (χ4v) is 2.06. The van der Waals surface area contributed by atoms with E-state index in [9.17, 15) is 5.26 Å². The minimum atomic E-state index is 0.459. The summed E-state index contributed by atoms with van der Waals surface area (Å²) in [6.45, 7) is 0. The number of ether oxygens (including phenoxy) is 1. The second kappa shape index (κ2) is 5.64. The molecule has 3 nitrogen and oxygen atoms in total. The Morgan fingerprint density at radius 1 is 1.16 bits per heavy atom. The van der Waals surface area contributed by atoms with Gasteiger partial charge in [0.2, 0.25) is 0 Å².